The van der Waals surface area contributed by atoms with Gasteiger partial charge in [0, 0.05) is 18.5 Å². The second-order valence-corrected chi connectivity index (χ2v) is 4.45. The summed E-state index contributed by atoms with van der Waals surface area (Å²) < 4.78 is 0. The molecular weight excluding hydrogens is 184 g/mol. The maximum Gasteiger partial charge on any atom is 0.0602 e. The highest BCUT2D eigenvalue weighted by molar-refractivity contribution is 5.59. The van der Waals surface area contributed by atoms with Gasteiger partial charge in [-0.1, -0.05) is 27.4 Å². The van der Waals surface area contributed by atoms with E-state index in [9.17, 15) is 0 Å². The molecular formula is C13H22N2. The summed E-state index contributed by atoms with van der Waals surface area (Å²) in [6.07, 6.45) is 2.99. The maximum absolute atomic E-state index is 4.49. The minimum absolute atomic E-state index is 0.521. The van der Waals surface area contributed by atoms with Crippen LogP contribution in [0.4, 0.5) is 0 Å². The second kappa shape index (κ2) is 5.15. The molecule has 0 N–H and O–H groups in total. The molecule has 1 aliphatic heterocycles. The van der Waals surface area contributed by atoms with Gasteiger partial charge in [-0.05, 0) is 24.8 Å². The molecule has 0 aromatic carbocycles. The largest absolute Gasteiger partial charge is 0.365 e. The van der Waals surface area contributed by atoms with Crippen molar-refractivity contribution < 1.29 is 0 Å². The number of allylic oxidation sites excluding steroid dienone is 1. The van der Waals surface area contributed by atoms with Crippen LogP contribution in [0.15, 0.2) is 28.5 Å². The van der Waals surface area contributed by atoms with Crippen LogP contribution in [0.3, 0.4) is 0 Å². The van der Waals surface area contributed by atoms with Gasteiger partial charge in [0.15, 0.2) is 0 Å². The summed E-state index contributed by atoms with van der Waals surface area (Å²) in [6.45, 7) is 14.7. The molecule has 1 heterocycles. The van der Waals surface area contributed by atoms with E-state index in [-0.39, 0.29) is 0 Å². The molecule has 0 fully saturated rings. The zero-order valence-corrected chi connectivity index (χ0v) is 10.4. The van der Waals surface area contributed by atoms with E-state index < -0.39 is 0 Å². The van der Waals surface area contributed by atoms with Crippen LogP contribution in [0, 0.1) is 5.92 Å². The SMILES string of the molecule is C=C(C(C)C)N1CC(C)=C(/N=C\CC)C1. The minimum atomic E-state index is 0.521. The number of hydrogen-bond donors (Lipinski definition) is 0. The molecule has 0 bridgehead atoms. The first kappa shape index (κ1) is 12.0. The number of hydrogen-bond acceptors (Lipinski definition) is 2. The normalized spacial score (nSPS) is 17.3. The molecule has 84 valence electrons. The molecule has 0 aliphatic carbocycles. The molecule has 2 heteroatoms. The molecule has 0 radical (unpaired) electrons. The molecule has 0 amide bonds. The van der Waals surface area contributed by atoms with Crippen molar-refractivity contribution in [3.8, 4) is 0 Å². The van der Waals surface area contributed by atoms with Gasteiger partial charge in [0.1, 0.15) is 0 Å². The van der Waals surface area contributed by atoms with E-state index in [1.165, 1.54) is 17.0 Å². The summed E-state index contributed by atoms with van der Waals surface area (Å²) in [6, 6.07) is 0. The summed E-state index contributed by atoms with van der Waals surface area (Å²) in [5.74, 6) is 0.521. The Labute approximate surface area is 93.4 Å². The van der Waals surface area contributed by atoms with Gasteiger partial charge in [0.05, 0.1) is 12.2 Å². The fourth-order valence-corrected chi connectivity index (χ4v) is 1.67. The minimum Gasteiger partial charge on any atom is -0.365 e. The van der Waals surface area contributed by atoms with E-state index in [1.807, 2.05) is 6.21 Å². The molecule has 1 rings (SSSR count). The second-order valence-electron chi connectivity index (χ2n) is 4.45. The van der Waals surface area contributed by atoms with Gasteiger partial charge in [-0.25, -0.2) is 0 Å². The van der Waals surface area contributed by atoms with E-state index in [2.05, 4.69) is 44.2 Å². The molecule has 0 unspecified atom stereocenters. The lowest BCUT2D eigenvalue weighted by molar-refractivity contribution is 0.387. The predicted molar refractivity (Wildman–Crippen MR) is 67.0 cm³/mol. The third-order valence-electron chi connectivity index (χ3n) is 2.76. The van der Waals surface area contributed by atoms with Crippen LogP contribution < -0.4 is 0 Å². The molecule has 15 heavy (non-hydrogen) atoms. The van der Waals surface area contributed by atoms with Crippen molar-refractivity contribution in [2.75, 3.05) is 13.1 Å². The lowest BCUT2D eigenvalue weighted by Crippen LogP contribution is -2.23. The zero-order valence-electron chi connectivity index (χ0n) is 10.4. The molecule has 0 atom stereocenters. The first-order valence-electron chi connectivity index (χ1n) is 5.71. The van der Waals surface area contributed by atoms with Crippen molar-refractivity contribution in [3.63, 3.8) is 0 Å². The van der Waals surface area contributed by atoms with Gasteiger partial charge < -0.3 is 4.90 Å². The topological polar surface area (TPSA) is 15.6 Å². The lowest BCUT2D eigenvalue weighted by atomic mass is 10.1. The Balaban J connectivity index is 2.62. The molecule has 0 saturated carbocycles. The van der Waals surface area contributed by atoms with E-state index in [1.54, 1.807) is 0 Å². The van der Waals surface area contributed by atoms with Crippen molar-refractivity contribution >= 4 is 6.21 Å². The molecule has 0 aromatic heterocycles. The third-order valence-corrected chi connectivity index (χ3v) is 2.76. The summed E-state index contributed by atoms with van der Waals surface area (Å²) in [5.41, 5.74) is 3.82. The highest BCUT2D eigenvalue weighted by Crippen LogP contribution is 2.24. The Kier molecular flexibility index (Phi) is 4.13. The van der Waals surface area contributed by atoms with Crippen LogP contribution in [0.5, 0.6) is 0 Å². The molecule has 1 aliphatic rings. The van der Waals surface area contributed by atoms with E-state index >= 15 is 0 Å². The smallest absolute Gasteiger partial charge is 0.0602 e. The summed E-state index contributed by atoms with van der Waals surface area (Å²) in [5, 5.41) is 0. The standard InChI is InChI=1S/C13H22N2/c1-6-7-14-13-9-15(8-11(13)4)12(5)10(2)3/h7,10H,5-6,8-9H2,1-4H3/b14-7-. The van der Waals surface area contributed by atoms with E-state index in [0.717, 1.165) is 19.5 Å². The van der Waals surface area contributed by atoms with Crippen LogP contribution in [0.25, 0.3) is 0 Å². The Bertz CT molecular complexity index is 298. The number of nitrogens with zero attached hydrogens (tertiary/aromatic N) is 2. The fourth-order valence-electron chi connectivity index (χ4n) is 1.67. The lowest BCUT2D eigenvalue weighted by Gasteiger charge is -2.23. The third kappa shape index (κ3) is 2.95. The van der Waals surface area contributed by atoms with Crippen LogP contribution in [0.2, 0.25) is 0 Å². The zero-order chi connectivity index (χ0) is 11.4. The van der Waals surface area contributed by atoms with E-state index in [0.29, 0.717) is 5.92 Å². The van der Waals surface area contributed by atoms with Crippen LogP contribution in [0.1, 0.15) is 34.1 Å². The van der Waals surface area contributed by atoms with E-state index in [4.69, 9.17) is 0 Å². The van der Waals surface area contributed by atoms with Crippen molar-refractivity contribution in [1.82, 2.24) is 4.90 Å². The number of rotatable bonds is 4. The monoisotopic (exact) mass is 206 g/mol. The van der Waals surface area contributed by atoms with Gasteiger partial charge >= 0.3 is 0 Å². The van der Waals surface area contributed by atoms with Gasteiger partial charge in [0.2, 0.25) is 0 Å². The Morgan fingerprint density at radius 3 is 2.73 bits per heavy atom. The van der Waals surface area contributed by atoms with Gasteiger partial charge in [-0.2, -0.15) is 0 Å². The molecule has 2 nitrogen and oxygen atoms in total. The van der Waals surface area contributed by atoms with Crippen LogP contribution in [-0.4, -0.2) is 24.2 Å². The van der Waals surface area contributed by atoms with Gasteiger partial charge in [0.25, 0.3) is 0 Å². The summed E-state index contributed by atoms with van der Waals surface area (Å²) in [7, 11) is 0. The highest BCUT2D eigenvalue weighted by atomic mass is 15.2. The summed E-state index contributed by atoms with van der Waals surface area (Å²) >= 11 is 0. The fraction of sp³-hybridized carbons (Fsp3) is 0.615. The van der Waals surface area contributed by atoms with Crippen molar-refractivity contribution in [2.24, 2.45) is 10.9 Å². The Hall–Kier alpha value is -1.05. The highest BCUT2D eigenvalue weighted by Gasteiger charge is 2.20. The average Bonchev–Trinajstić information content (AvgIpc) is 2.55. The molecule has 0 aromatic rings. The molecule has 0 saturated heterocycles. The van der Waals surface area contributed by atoms with Crippen LogP contribution >= 0.6 is 0 Å². The average molecular weight is 206 g/mol. The molecule has 0 spiro atoms. The van der Waals surface area contributed by atoms with Crippen molar-refractivity contribution in [3.05, 3.63) is 23.5 Å². The Morgan fingerprint density at radius 2 is 2.20 bits per heavy atom. The quantitative estimate of drug-likeness (QED) is 0.645. The summed E-state index contributed by atoms with van der Waals surface area (Å²) in [4.78, 5) is 6.81. The first-order valence-corrected chi connectivity index (χ1v) is 5.71. The van der Waals surface area contributed by atoms with Crippen molar-refractivity contribution in [1.29, 1.82) is 0 Å². The number of aliphatic imine (C=N–C) groups is 1. The van der Waals surface area contributed by atoms with Gasteiger partial charge in [-0.3, -0.25) is 4.99 Å². The predicted octanol–water partition coefficient (Wildman–Crippen LogP) is 3.23. The van der Waals surface area contributed by atoms with Gasteiger partial charge in [-0.15, -0.1) is 0 Å². The van der Waals surface area contributed by atoms with Crippen molar-refractivity contribution in [2.45, 2.75) is 34.1 Å². The Morgan fingerprint density at radius 1 is 1.53 bits per heavy atom. The van der Waals surface area contributed by atoms with Crippen LogP contribution in [-0.2, 0) is 0 Å². The first-order chi connectivity index (χ1) is 7.06. The maximum atomic E-state index is 4.49.